The van der Waals surface area contributed by atoms with Gasteiger partial charge in [-0.15, -0.1) is 0 Å². The Kier molecular flexibility index (Phi) is 4.18. The molecule has 0 spiro atoms. The van der Waals surface area contributed by atoms with E-state index in [9.17, 15) is 14.4 Å². The van der Waals surface area contributed by atoms with Crippen molar-refractivity contribution in [3.8, 4) is 0 Å². The van der Waals surface area contributed by atoms with E-state index in [0.29, 0.717) is 23.3 Å². The van der Waals surface area contributed by atoms with Crippen molar-refractivity contribution in [2.75, 3.05) is 5.75 Å². The van der Waals surface area contributed by atoms with Gasteiger partial charge in [0.1, 0.15) is 0 Å². The van der Waals surface area contributed by atoms with Crippen molar-refractivity contribution in [1.29, 1.82) is 0 Å². The van der Waals surface area contributed by atoms with E-state index in [0.717, 1.165) is 16.7 Å². The number of carbonyl (C=O) groups excluding carboxylic acids is 3. The number of hydrogen-bond donors (Lipinski definition) is 2. The van der Waals surface area contributed by atoms with E-state index in [1.54, 1.807) is 24.3 Å². The van der Waals surface area contributed by atoms with Crippen LogP contribution < -0.4 is 11.3 Å². The number of benzene rings is 1. The first-order valence-corrected chi connectivity index (χ1v) is 6.68. The molecule has 3 N–H and O–H groups in total. The lowest BCUT2D eigenvalue weighted by Crippen LogP contribution is -2.38. The molecule has 100 valence electrons. The smallest absolute Gasteiger partial charge is 0.288 e. The zero-order chi connectivity index (χ0) is 13.8. The second kappa shape index (κ2) is 5.85. The number of hydrazine groups is 1. The van der Waals surface area contributed by atoms with E-state index >= 15 is 0 Å². The number of nitrogens with one attached hydrogen (secondary N) is 1. The van der Waals surface area contributed by atoms with Crippen molar-refractivity contribution in [2.24, 2.45) is 5.84 Å². The molecule has 3 amide bonds. The highest BCUT2D eigenvalue weighted by atomic mass is 32.2. The summed E-state index contributed by atoms with van der Waals surface area (Å²) >= 11 is 1.11. The minimum absolute atomic E-state index is 0.0915. The van der Waals surface area contributed by atoms with Gasteiger partial charge < -0.3 is 0 Å². The summed E-state index contributed by atoms with van der Waals surface area (Å²) in [4.78, 5) is 36.2. The number of nitrogens with two attached hydrogens (primary N) is 1. The molecule has 7 heteroatoms. The number of nitrogen functional groups attached to an aromatic ring is 1. The van der Waals surface area contributed by atoms with Crippen LogP contribution in [0.15, 0.2) is 24.3 Å². The first-order chi connectivity index (χ1) is 9.13. The van der Waals surface area contributed by atoms with Crippen molar-refractivity contribution < 1.29 is 14.4 Å². The van der Waals surface area contributed by atoms with Crippen LogP contribution >= 0.6 is 11.8 Å². The van der Waals surface area contributed by atoms with Crippen molar-refractivity contribution in [2.45, 2.75) is 13.0 Å². The van der Waals surface area contributed by atoms with Crippen LogP contribution in [0.3, 0.4) is 0 Å². The lowest BCUT2D eigenvalue weighted by atomic mass is 10.1. The highest BCUT2D eigenvalue weighted by Gasteiger charge is 2.27. The first kappa shape index (κ1) is 13.6. The number of rotatable bonds is 3. The molecular weight excluding hydrogens is 266 g/mol. The molecule has 0 aliphatic carbocycles. The number of carbonyl (C=O) groups is 3. The van der Waals surface area contributed by atoms with Crippen LogP contribution in [0.4, 0.5) is 4.79 Å². The van der Waals surface area contributed by atoms with Crippen LogP contribution in [0.5, 0.6) is 0 Å². The van der Waals surface area contributed by atoms with Gasteiger partial charge in [0.05, 0.1) is 6.54 Å². The van der Waals surface area contributed by atoms with Gasteiger partial charge in [-0.25, -0.2) is 5.84 Å². The van der Waals surface area contributed by atoms with E-state index < -0.39 is 5.91 Å². The topological polar surface area (TPSA) is 92.5 Å². The highest BCUT2D eigenvalue weighted by molar-refractivity contribution is 8.13. The van der Waals surface area contributed by atoms with Gasteiger partial charge in [-0.05, 0) is 11.6 Å². The zero-order valence-corrected chi connectivity index (χ0v) is 10.9. The van der Waals surface area contributed by atoms with Gasteiger partial charge in [0, 0.05) is 17.7 Å². The molecule has 0 aromatic heterocycles. The van der Waals surface area contributed by atoms with Crippen LogP contribution in [0.25, 0.3) is 0 Å². The fraction of sp³-hybridized carbons (Fsp3) is 0.250. The minimum atomic E-state index is -0.444. The van der Waals surface area contributed by atoms with Crippen LogP contribution in [0.1, 0.15) is 22.3 Å². The van der Waals surface area contributed by atoms with Gasteiger partial charge in [-0.3, -0.25) is 24.7 Å². The molecule has 1 saturated heterocycles. The second-order valence-electron chi connectivity index (χ2n) is 3.97. The van der Waals surface area contributed by atoms with Gasteiger partial charge >= 0.3 is 0 Å². The number of amides is 3. The average molecular weight is 279 g/mol. The maximum atomic E-state index is 11.7. The molecule has 19 heavy (non-hydrogen) atoms. The van der Waals surface area contributed by atoms with E-state index in [4.69, 9.17) is 5.84 Å². The van der Waals surface area contributed by atoms with Crippen LogP contribution in [0, 0.1) is 0 Å². The third-order valence-electron chi connectivity index (χ3n) is 2.78. The summed E-state index contributed by atoms with van der Waals surface area (Å²) in [5, 5.41) is -0.279. The van der Waals surface area contributed by atoms with Crippen LogP contribution in [-0.2, 0) is 11.3 Å². The molecule has 0 saturated carbocycles. The number of nitrogens with zero attached hydrogens (tertiary/aromatic N) is 1. The summed E-state index contributed by atoms with van der Waals surface area (Å²) in [6.07, 6.45) is 0.335. The quantitative estimate of drug-likeness (QED) is 0.486. The predicted octanol–water partition coefficient (Wildman–Crippen LogP) is 0.876. The monoisotopic (exact) mass is 279 g/mol. The number of hydrogen-bond acceptors (Lipinski definition) is 5. The Bertz CT molecular complexity index is 517. The van der Waals surface area contributed by atoms with Gasteiger partial charge in [0.25, 0.3) is 11.1 Å². The SMILES string of the molecule is NNC(=O)c1ccccc1CN1C(=O)CCSC1=O. The van der Waals surface area contributed by atoms with Gasteiger partial charge in [0.15, 0.2) is 0 Å². The molecule has 2 rings (SSSR count). The molecule has 1 heterocycles. The predicted molar refractivity (Wildman–Crippen MR) is 71.1 cm³/mol. The van der Waals surface area contributed by atoms with E-state index in [2.05, 4.69) is 0 Å². The Hall–Kier alpha value is -1.86. The van der Waals surface area contributed by atoms with E-state index in [1.807, 2.05) is 5.43 Å². The normalized spacial score (nSPS) is 15.5. The summed E-state index contributed by atoms with van der Waals surface area (Å²) in [5.41, 5.74) is 3.00. The summed E-state index contributed by atoms with van der Waals surface area (Å²) in [7, 11) is 0. The maximum absolute atomic E-state index is 11.7. The fourth-order valence-corrected chi connectivity index (χ4v) is 2.59. The lowest BCUT2D eigenvalue weighted by Gasteiger charge is -2.24. The lowest BCUT2D eigenvalue weighted by molar-refractivity contribution is -0.128. The molecule has 0 bridgehead atoms. The Morgan fingerprint density at radius 2 is 2.11 bits per heavy atom. The molecule has 0 unspecified atom stereocenters. The third kappa shape index (κ3) is 2.94. The molecule has 1 aromatic carbocycles. The Balaban J connectivity index is 2.25. The van der Waals surface area contributed by atoms with Crippen molar-refractivity contribution in [1.82, 2.24) is 10.3 Å². The molecule has 1 aromatic rings. The summed E-state index contributed by atoms with van der Waals surface area (Å²) < 4.78 is 0. The molecule has 1 fully saturated rings. The van der Waals surface area contributed by atoms with Crippen molar-refractivity contribution >= 4 is 28.8 Å². The number of thioether (sulfide) groups is 1. The summed E-state index contributed by atoms with van der Waals surface area (Å²) in [6.45, 7) is 0.0915. The molecule has 6 nitrogen and oxygen atoms in total. The zero-order valence-electron chi connectivity index (χ0n) is 10.1. The van der Waals surface area contributed by atoms with Crippen LogP contribution in [-0.4, -0.2) is 27.7 Å². The first-order valence-electron chi connectivity index (χ1n) is 5.69. The molecule has 0 atom stereocenters. The Morgan fingerprint density at radius 3 is 2.79 bits per heavy atom. The van der Waals surface area contributed by atoms with Gasteiger partial charge in [-0.1, -0.05) is 30.0 Å². The standard InChI is InChI=1S/C12H13N3O3S/c13-14-11(17)9-4-2-1-3-8(9)7-15-10(16)5-6-19-12(15)18/h1-4H,5-7,13H2,(H,14,17). The Morgan fingerprint density at radius 1 is 1.37 bits per heavy atom. The van der Waals surface area contributed by atoms with Gasteiger partial charge in [-0.2, -0.15) is 0 Å². The fourth-order valence-electron chi connectivity index (χ4n) is 1.82. The average Bonchev–Trinajstić information content (AvgIpc) is 2.42. The van der Waals surface area contributed by atoms with E-state index in [-0.39, 0.29) is 17.7 Å². The van der Waals surface area contributed by atoms with Gasteiger partial charge in [0.2, 0.25) is 5.91 Å². The Labute approximate surface area is 114 Å². The summed E-state index contributed by atoms with van der Waals surface area (Å²) in [5.74, 6) is 4.96. The molecule has 0 radical (unpaired) electrons. The molecular formula is C12H13N3O3S. The van der Waals surface area contributed by atoms with Crippen molar-refractivity contribution in [3.05, 3.63) is 35.4 Å². The van der Waals surface area contributed by atoms with E-state index in [1.165, 1.54) is 0 Å². The highest BCUT2D eigenvalue weighted by Crippen LogP contribution is 2.22. The van der Waals surface area contributed by atoms with Crippen molar-refractivity contribution in [3.63, 3.8) is 0 Å². The number of imide groups is 1. The molecule has 1 aliphatic rings. The largest absolute Gasteiger partial charge is 0.290 e. The second-order valence-corrected chi connectivity index (χ2v) is 5.02. The summed E-state index contributed by atoms with van der Waals surface area (Å²) in [6, 6.07) is 6.74. The third-order valence-corrected chi connectivity index (χ3v) is 3.66. The molecule has 1 aliphatic heterocycles. The maximum Gasteiger partial charge on any atom is 0.288 e. The minimum Gasteiger partial charge on any atom is -0.290 e. The van der Waals surface area contributed by atoms with Crippen LogP contribution in [0.2, 0.25) is 0 Å².